The molecule has 8 nitrogen and oxygen atoms in total. The summed E-state index contributed by atoms with van der Waals surface area (Å²) < 4.78 is 0. The Morgan fingerprint density at radius 3 is 0.513 bits per heavy atom. The van der Waals surface area contributed by atoms with Crippen molar-refractivity contribution in [1.29, 1.82) is 0 Å². The Morgan fingerprint density at radius 1 is 0.237 bits per heavy atom. The van der Waals surface area contributed by atoms with Crippen molar-refractivity contribution in [2.45, 2.75) is 105 Å². The van der Waals surface area contributed by atoms with Crippen molar-refractivity contribution < 1.29 is 40.9 Å². The summed E-state index contributed by atoms with van der Waals surface area (Å²) in [6, 6.07) is 44.2. The Bertz CT molecular complexity index is 2800. The molecule has 0 amide bonds. The summed E-state index contributed by atoms with van der Waals surface area (Å²) in [5.41, 5.74) is 9.80. The van der Waals surface area contributed by atoms with Gasteiger partial charge in [0.1, 0.15) is 46.0 Å². The van der Waals surface area contributed by atoms with Gasteiger partial charge in [0.15, 0.2) is 0 Å². The quantitative estimate of drug-likeness (QED) is 0.0600. The summed E-state index contributed by atoms with van der Waals surface area (Å²) in [5.74, 6) is -4.19. The molecule has 0 unspecified atom stereocenters. The van der Waals surface area contributed by atoms with E-state index in [9.17, 15) is 40.9 Å². The minimum Gasteiger partial charge on any atom is -0.507 e. The normalized spacial score (nSPS) is 16.5. The van der Waals surface area contributed by atoms with Gasteiger partial charge in [0.2, 0.25) is 0 Å². The van der Waals surface area contributed by atoms with Crippen LogP contribution in [0.4, 0.5) is 0 Å². The van der Waals surface area contributed by atoms with Crippen LogP contribution in [0, 0.1) is 23.7 Å². The fraction of sp³-hybridized carbons (Fsp3) is 0.294. The van der Waals surface area contributed by atoms with Crippen LogP contribution in [0.3, 0.4) is 0 Å². The van der Waals surface area contributed by atoms with Crippen LogP contribution in [0.5, 0.6) is 46.0 Å². The second-order valence-electron chi connectivity index (χ2n) is 23.0. The van der Waals surface area contributed by atoms with Crippen LogP contribution in [-0.2, 0) is 25.7 Å². The first-order valence-electron chi connectivity index (χ1n) is 26.8. The van der Waals surface area contributed by atoms with Gasteiger partial charge in [-0.15, -0.1) is 0 Å². The molecule has 8 N–H and O–H groups in total. The van der Waals surface area contributed by atoms with E-state index in [-0.39, 0.29) is 46.0 Å². The maximum absolute atomic E-state index is 12.3. The summed E-state index contributed by atoms with van der Waals surface area (Å²) in [7, 11) is 0. The zero-order chi connectivity index (χ0) is 54.3. The van der Waals surface area contributed by atoms with Crippen LogP contribution < -0.4 is 0 Å². The lowest BCUT2D eigenvalue weighted by Gasteiger charge is -2.30. The van der Waals surface area contributed by atoms with Crippen molar-refractivity contribution in [2.24, 2.45) is 23.7 Å². The number of aromatic hydroxyl groups is 8. The Balaban J connectivity index is 1.43. The number of phenols is 8. The third-order valence-corrected chi connectivity index (χ3v) is 15.0. The van der Waals surface area contributed by atoms with E-state index in [2.05, 4.69) is 55.4 Å². The highest BCUT2D eigenvalue weighted by molar-refractivity contribution is 5.67. The molecule has 0 saturated carbocycles. The van der Waals surface area contributed by atoms with Crippen molar-refractivity contribution in [3.63, 3.8) is 0 Å². The molecule has 8 aromatic carbocycles. The third kappa shape index (κ3) is 11.0. The van der Waals surface area contributed by atoms with E-state index < -0.39 is 23.7 Å². The van der Waals surface area contributed by atoms with E-state index in [1.807, 2.05) is 97.1 Å². The SMILES string of the molecule is CC(C)Cc1ccc(C2c3cc(c(O)cc3O)C(c3ccc(CC(C)C)cc3)c3cc(c(O)cc3O)[C@H](c3ccc(CC(C)C)cc3)c3cc(c(O)cc3O)[C@H](c3ccc(CC(C)C)cc3)c3cc2c(O)cc3O)cc1. The fourth-order valence-corrected chi connectivity index (χ4v) is 11.7. The molecule has 8 heteroatoms. The third-order valence-electron chi connectivity index (χ3n) is 15.0. The summed E-state index contributed by atoms with van der Waals surface area (Å²) >= 11 is 0. The van der Waals surface area contributed by atoms with E-state index in [0.717, 1.165) is 47.9 Å². The average molecular weight is 1020 g/mol. The number of rotatable bonds is 12. The van der Waals surface area contributed by atoms with Crippen LogP contribution >= 0.6 is 0 Å². The molecule has 0 fully saturated rings. The number of hydrogen-bond acceptors (Lipinski definition) is 8. The smallest absolute Gasteiger partial charge is 0.123 e. The standard InChI is InChI=1S/C68H72O8/c1-37(2)25-41-9-17-45(18-10-41)65-49-29-51(59(71)33-57(49)69)66(46-19-11-42(12-20-46)26-38(3)4)53-31-55(63(75)35-61(53)73)68(48-23-15-44(16-24-48)28-40(7)8)56-32-54(62(74)36-64(56)76)67(52-30-50(65)58(70)34-60(52)72)47-21-13-43(14-22-47)27-39(5)6/h9-24,29-40,65-76H,25-28H2,1-8H3/t65-,66+,67?,68?. The lowest BCUT2D eigenvalue weighted by atomic mass is 9.75. The Labute approximate surface area is 447 Å². The minimum absolute atomic E-state index is 0.256. The van der Waals surface area contributed by atoms with Crippen molar-refractivity contribution >= 4 is 0 Å². The maximum atomic E-state index is 12.3. The maximum Gasteiger partial charge on any atom is 0.123 e. The van der Waals surface area contributed by atoms with Gasteiger partial charge in [-0.3, -0.25) is 0 Å². The van der Waals surface area contributed by atoms with Gasteiger partial charge in [-0.1, -0.05) is 152 Å². The number of fused-ring (bicyclic) bond motifs is 8. The van der Waals surface area contributed by atoms with Gasteiger partial charge in [-0.2, -0.15) is 0 Å². The van der Waals surface area contributed by atoms with Crippen LogP contribution in [0.25, 0.3) is 0 Å². The summed E-state index contributed by atoms with van der Waals surface area (Å²) in [4.78, 5) is 0. The molecule has 0 heterocycles. The molecule has 392 valence electrons. The highest BCUT2D eigenvalue weighted by Gasteiger charge is 2.35. The Hall–Kier alpha value is -7.84. The summed E-state index contributed by atoms with van der Waals surface area (Å²) in [6.45, 7) is 17.2. The molecule has 1 aliphatic carbocycles. The minimum atomic E-state index is -0.918. The van der Waals surface area contributed by atoms with E-state index in [0.29, 0.717) is 90.4 Å². The largest absolute Gasteiger partial charge is 0.507 e. The number of hydrogen-bond donors (Lipinski definition) is 8. The van der Waals surface area contributed by atoms with Gasteiger partial charge in [0.05, 0.1) is 0 Å². The molecule has 8 aromatic rings. The van der Waals surface area contributed by atoms with Crippen molar-refractivity contribution in [3.8, 4) is 46.0 Å². The summed E-state index contributed by atoms with van der Waals surface area (Å²) in [5, 5.41) is 98.4. The molecule has 0 radical (unpaired) electrons. The molecule has 0 aliphatic heterocycles. The molecule has 0 atom stereocenters. The average Bonchev–Trinajstić information content (AvgIpc) is 3.35. The van der Waals surface area contributed by atoms with Crippen LogP contribution in [-0.4, -0.2) is 40.9 Å². The van der Waals surface area contributed by atoms with Crippen LogP contribution in [0.15, 0.2) is 146 Å². The van der Waals surface area contributed by atoms with E-state index in [1.165, 1.54) is 24.3 Å². The van der Waals surface area contributed by atoms with E-state index >= 15 is 0 Å². The molecule has 0 aromatic heterocycles. The molecule has 8 bridgehead atoms. The molecule has 0 saturated heterocycles. The van der Waals surface area contributed by atoms with Gasteiger partial charge in [-0.25, -0.2) is 0 Å². The van der Waals surface area contributed by atoms with Gasteiger partial charge < -0.3 is 40.9 Å². The highest BCUT2D eigenvalue weighted by atomic mass is 16.3. The second kappa shape index (κ2) is 21.8. The Kier molecular flexibility index (Phi) is 15.2. The van der Waals surface area contributed by atoms with Crippen molar-refractivity contribution in [3.05, 3.63) is 235 Å². The molecule has 1 aliphatic rings. The molecular weight excluding hydrogens is 945 g/mol. The predicted molar refractivity (Wildman–Crippen MR) is 303 cm³/mol. The molecule has 0 spiro atoms. The van der Waals surface area contributed by atoms with Crippen molar-refractivity contribution in [2.75, 3.05) is 0 Å². The molecular formula is C68H72O8. The lowest BCUT2D eigenvalue weighted by Crippen LogP contribution is -2.13. The zero-order valence-electron chi connectivity index (χ0n) is 44.9. The Morgan fingerprint density at radius 2 is 0.382 bits per heavy atom. The predicted octanol–water partition coefficient (Wildman–Crippen LogP) is 15.2. The first-order valence-corrected chi connectivity index (χ1v) is 26.8. The van der Waals surface area contributed by atoms with Gasteiger partial charge in [0.25, 0.3) is 0 Å². The monoisotopic (exact) mass is 1020 g/mol. The second-order valence-corrected chi connectivity index (χ2v) is 23.0. The number of phenolic OH excluding ortho intramolecular Hbond substituents is 8. The van der Waals surface area contributed by atoms with E-state index in [1.54, 1.807) is 24.3 Å². The van der Waals surface area contributed by atoms with Crippen LogP contribution in [0.1, 0.15) is 168 Å². The summed E-state index contributed by atoms with van der Waals surface area (Å²) in [6.07, 6.45) is 3.29. The van der Waals surface area contributed by atoms with Crippen LogP contribution in [0.2, 0.25) is 0 Å². The fourth-order valence-electron chi connectivity index (χ4n) is 11.7. The van der Waals surface area contributed by atoms with E-state index in [4.69, 9.17) is 0 Å². The lowest BCUT2D eigenvalue weighted by molar-refractivity contribution is 0.431. The topological polar surface area (TPSA) is 162 Å². The van der Waals surface area contributed by atoms with Gasteiger partial charge in [-0.05, 0) is 118 Å². The van der Waals surface area contributed by atoms with Crippen molar-refractivity contribution in [1.82, 2.24) is 0 Å². The molecule has 76 heavy (non-hydrogen) atoms. The molecule has 9 rings (SSSR count). The number of benzene rings is 8. The first-order chi connectivity index (χ1) is 36.2. The zero-order valence-corrected chi connectivity index (χ0v) is 44.9. The highest BCUT2D eigenvalue weighted by Crippen LogP contribution is 2.54. The van der Waals surface area contributed by atoms with Gasteiger partial charge in [0, 0.05) is 92.4 Å². The van der Waals surface area contributed by atoms with Gasteiger partial charge >= 0.3 is 0 Å². The first kappa shape index (κ1) is 53.0.